The zero-order chi connectivity index (χ0) is 12.6. The van der Waals surface area contributed by atoms with Gasteiger partial charge in [-0.3, -0.25) is 9.69 Å². The van der Waals surface area contributed by atoms with E-state index >= 15 is 0 Å². The van der Waals surface area contributed by atoms with Gasteiger partial charge in [0.15, 0.2) is 0 Å². The molecule has 4 unspecified atom stereocenters. The molecule has 4 atom stereocenters. The van der Waals surface area contributed by atoms with Crippen LogP contribution >= 0.6 is 0 Å². The fraction of sp³-hybridized carbons (Fsp3) is 0.923. The van der Waals surface area contributed by atoms with Gasteiger partial charge in [-0.2, -0.15) is 0 Å². The van der Waals surface area contributed by atoms with Gasteiger partial charge in [0.1, 0.15) is 6.04 Å². The lowest BCUT2D eigenvalue weighted by molar-refractivity contribution is -0.144. The van der Waals surface area contributed by atoms with Gasteiger partial charge >= 0.3 is 5.97 Å². The summed E-state index contributed by atoms with van der Waals surface area (Å²) in [6.45, 7) is 6.35. The highest BCUT2D eigenvalue weighted by atomic mass is 16.4. The Hall–Kier alpha value is -0.610. The average molecular weight is 240 g/mol. The quantitative estimate of drug-likeness (QED) is 0.789. The molecule has 4 heteroatoms. The number of hydrogen-bond acceptors (Lipinski definition) is 3. The van der Waals surface area contributed by atoms with Crippen LogP contribution in [0.15, 0.2) is 0 Å². The molecule has 0 aromatic heterocycles. The van der Waals surface area contributed by atoms with Crippen LogP contribution in [0.3, 0.4) is 0 Å². The predicted molar refractivity (Wildman–Crippen MR) is 67.0 cm³/mol. The van der Waals surface area contributed by atoms with Gasteiger partial charge in [-0.25, -0.2) is 0 Å². The number of carboxylic acids is 1. The molecule has 2 saturated heterocycles. The highest BCUT2D eigenvalue weighted by Crippen LogP contribution is 2.31. The molecule has 2 aliphatic rings. The van der Waals surface area contributed by atoms with E-state index in [0.717, 1.165) is 32.4 Å². The second-order valence-electron chi connectivity index (χ2n) is 5.79. The van der Waals surface area contributed by atoms with E-state index in [9.17, 15) is 9.90 Å². The topological polar surface area (TPSA) is 43.8 Å². The molecule has 2 rings (SSSR count). The molecule has 4 nitrogen and oxygen atoms in total. The largest absolute Gasteiger partial charge is 0.480 e. The van der Waals surface area contributed by atoms with E-state index < -0.39 is 5.97 Å². The number of hydrogen-bond donors (Lipinski definition) is 1. The van der Waals surface area contributed by atoms with E-state index in [0.29, 0.717) is 18.0 Å². The van der Waals surface area contributed by atoms with Gasteiger partial charge in [-0.05, 0) is 52.2 Å². The van der Waals surface area contributed by atoms with E-state index in [1.54, 1.807) is 0 Å². The van der Waals surface area contributed by atoms with Crippen molar-refractivity contribution in [2.24, 2.45) is 5.92 Å². The molecule has 17 heavy (non-hydrogen) atoms. The van der Waals surface area contributed by atoms with Gasteiger partial charge in [0, 0.05) is 12.1 Å². The SMILES string of the molecule is CC1CCN(C2CCN(C)C(C)C2)C1C(=O)O. The van der Waals surface area contributed by atoms with Gasteiger partial charge in [-0.15, -0.1) is 0 Å². The van der Waals surface area contributed by atoms with Crippen molar-refractivity contribution in [1.82, 2.24) is 9.80 Å². The molecule has 1 N–H and O–H groups in total. The summed E-state index contributed by atoms with van der Waals surface area (Å²) < 4.78 is 0. The molecule has 0 aliphatic carbocycles. The van der Waals surface area contributed by atoms with E-state index in [2.05, 4.69) is 30.7 Å². The third-order valence-electron chi connectivity index (χ3n) is 4.64. The van der Waals surface area contributed by atoms with Crippen LogP contribution in [0.5, 0.6) is 0 Å². The van der Waals surface area contributed by atoms with E-state index in [-0.39, 0.29) is 6.04 Å². The van der Waals surface area contributed by atoms with Crippen molar-refractivity contribution >= 4 is 5.97 Å². The summed E-state index contributed by atoms with van der Waals surface area (Å²) in [4.78, 5) is 16.0. The minimum absolute atomic E-state index is 0.254. The third-order valence-corrected chi connectivity index (χ3v) is 4.64. The standard InChI is InChI=1S/C13H24N2O2/c1-9-4-7-15(12(9)13(16)17)11-5-6-14(3)10(2)8-11/h9-12H,4-8H2,1-3H3,(H,16,17). The van der Waals surface area contributed by atoms with Crippen LogP contribution in [-0.2, 0) is 4.79 Å². The first-order chi connectivity index (χ1) is 8.00. The van der Waals surface area contributed by atoms with Crippen molar-refractivity contribution in [2.45, 2.75) is 51.2 Å². The summed E-state index contributed by atoms with van der Waals surface area (Å²) >= 11 is 0. The van der Waals surface area contributed by atoms with Gasteiger partial charge < -0.3 is 10.0 Å². The van der Waals surface area contributed by atoms with Crippen LogP contribution in [-0.4, -0.2) is 59.1 Å². The zero-order valence-electron chi connectivity index (χ0n) is 11.1. The lowest BCUT2D eigenvalue weighted by Gasteiger charge is -2.41. The Kier molecular flexibility index (Phi) is 3.73. The predicted octanol–water partition coefficient (Wildman–Crippen LogP) is 1.26. The maximum atomic E-state index is 11.4. The molecule has 2 heterocycles. The van der Waals surface area contributed by atoms with Crippen molar-refractivity contribution in [3.63, 3.8) is 0 Å². The zero-order valence-corrected chi connectivity index (χ0v) is 11.1. The van der Waals surface area contributed by atoms with Gasteiger partial charge in [-0.1, -0.05) is 6.92 Å². The molecule has 0 aromatic rings. The number of aliphatic carboxylic acids is 1. The molecule has 2 aliphatic heterocycles. The summed E-state index contributed by atoms with van der Waals surface area (Å²) in [5.74, 6) is -0.343. The van der Waals surface area contributed by atoms with Crippen LogP contribution in [0, 0.1) is 5.92 Å². The Morgan fingerprint density at radius 2 is 1.94 bits per heavy atom. The maximum absolute atomic E-state index is 11.4. The summed E-state index contributed by atoms with van der Waals surface area (Å²) in [6.07, 6.45) is 3.24. The smallest absolute Gasteiger partial charge is 0.321 e. The lowest BCUT2D eigenvalue weighted by Crippen LogP contribution is -2.51. The van der Waals surface area contributed by atoms with Crippen LogP contribution in [0.2, 0.25) is 0 Å². The highest BCUT2D eigenvalue weighted by Gasteiger charge is 2.41. The van der Waals surface area contributed by atoms with Crippen LogP contribution < -0.4 is 0 Å². The molecule has 0 saturated carbocycles. The molecular formula is C13H24N2O2. The lowest BCUT2D eigenvalue weighted by atomic mass is 9.95. The van der Waals surface area contributed by atoms with Gasteiger partial charge in [0.05, 0.1) is 0 Å². The first kappa shape index (κ1) is 12.8. The summed E-state index contributed by atoms with van der Waals surface area (Å²) in [7, 11) is 2.15. The molecule has 0 radical (unpaired) electrons. The highest BCUT2D eigenvalue weighted by molar-refractivity contribution is 5.74. The average Bonchev–Trinajstić information content (AvgIpc) is 2.64. The van der Waals surface area contributed by atoms with E-state index in [4.69, 9.17) is 0 Å². The number of carboxylic acid groups (broad SMARTS) is 1. The summed E-state index contributed by atoms with van der Waals surface area (Å²) in [5, 5.41) is 9.35. The molecule has 0 amide bonds. The molecule has 0 spiro atoms. The molecular weight excluding hydrogens is 216 g/mol. The van der Waals surface area contributed by atoms with Crippen LogP contribution in [0.4, 0.5) is 0 Å². The Bertz CT molecular complexity index is 295. The maximum Gasteiger partial charge on any atom is 0.321 e. The second-order valence-corrected chi connectivity index (χ2v) is 5.79. The van der Waals surface area contributed by atoms with Gasteiger partial charge in [0.25, 0.3) is 0 Å². The number of likely N-dealkylation sites (tertiary alicyclic amines) is 2. The fourth-order valence-corrected chi connectivity index (χ4v) is 3.34. The summed E-state index contributed by atoms with van der Waals surface area (Å²) in [5.41, 5.74) is 0. The van der Waals surface area contributed by atoms with Crippen molar-refractivity contribution in [1.29, 1.82) is 0 Å². The minimum Gasteiger partial charge on any atom is -0.480 e. The molecule has 0 bridgehead atoms. The molecule has 98 valence electrons. The second kappa shape index (κ2) is 4.94. The normalized spacial score (nSPS) is 40.6. The first-order valence-electron chi connectivity index (χ1n) is 6.69. The van der Waals surface area contributed by atoms with Crippen molar-refractivity contribution in [2.75, 3.05) is 20.1 Å². The van der Waals surface area contributed by atoms with Crippen LogP contribution in [0.1, 0.15) is 33.1 Å². The number of piperidine rings is 1. The number of carbonyl (C=O) groups is 1. The fourth-order valence-electron chi connectivity index (χ4n) is 3.34. The molecule has 2 fully saturated rings. The van der Waals surface area contributed by atoms with E-state index in [1.807, 2.05) is 0 Å². The first-order valence-corrected chi connectivity index (χ1v) is 6.69. The Morgan fingerprint density at radius 3 is 2.53 bits per heavy atom. The Morgan fingerprint density at radius 1 is 1.24 bits per heavy atom. The number of rotatable bonds is 2. The van der Waals surface area contributed by atoms with Crippen molar-refractivity contribution < 1.29 is 9.90 Å². The number of nitrogens with zero attached hydrogens (tertiary/aromatic N) is 2. The Labute approximate surface area is 104 Å². The van der Waals surface area contributed by atoms with E-state index in [1.165, 1.54) is 0 Å². The van der Waals surface area contributed by atoms with Crippen LogP contribution in [0.25, 0.3) is 0 Å². The van der Waals surface area contributed by atoms with Crippen molar-refractivity contribution in [3.05, 3.63) is 0 Å². The monoisotopic (exact) mass is 240 g/mol. The van der Waals surface area contributed by atoms with Crippen molar-refractivity contribution in [3.8, 4) is 0 Å². The third kappa shape index (κ3) is 2.47. The minimum atomic E-state index is -0.637. The Balaban J connectivity index is 2.04. The van der Waals surface area contributed by atoms with Gasteiger partial charge in [0.2, 0.25) is 0 Å². The summed E-state index contributed by atoms with van der Waals surface area (Å²) in [6, 6.07) is 0.780. The molecule has 0 aromatic carbocycles.